The van der Waals surface area contributed by atoms with E-state index >= 15 is 0 Å². The molecule has 1 aliphatic carbocycles. The molecule has 1 aliphatic rings. The Morgan fingerprint density at radius 3 is 2.62 bits per heavy atom. The van der Waals surface area contributed by atoms with Crippen molar-refractivity contribution in [1.82, 2.24) is 5.32 Å². The Hall–Kier alpha value is -1.20. The van der Waals surface area contributed by atoms with Crippen molar-refractivity contribution in [2.24, 2.45) is 22.8 Å². The molecule has 1 unspecified atom stereocenters. The fourth-order valence-corrected chi connectivity index (χ4v) is 3.45. The summed E-state index contributed by atoms with van der Waals surface area (Å²) in [6, 6.07) is 0. The van der Waals surface area contributed by atoms with Gasteiger partial charge in [0.1, 0.15) is 0 Å². The van der Waals surface area contributed by atoms with Crippen LogP contribution in [0.1, 0.15) is 47.0 Å². The Morgan fingerprint density at radius 1 is 1.42 bits per heavy atom. The van der Waals surface area contributed by atoms with Gasteiger partial charge in [0.05, 0.1) is 4.91 Å². The molecule has 4 nitrogen and oxygen atoms in total. The quantitative estimate of drug-likeness (QED) is 0.506. The summed E-state index contributed by atoms with van der Waals surface area (Å²) in [4.78, 5) is 12.8. The Kier molecular flexibility index (Phi) is 8.10. The van der Waals surface area contributed by atoms with E-state index in [2.05, 4.69) is 32.2 Å². The van der Waals surface area contributed by atoms with E-state index in [1.807, 2.05) is 19.3 Å². The van der Waals surface area contributed by atoms with Gasteiger partial charge in [-0.15, -0.1) is 11.8 Å². The SMILES string of the molecule is CS/C(=C\C(C)=C\C1=C(N)CCC(C(C)(C)C)C1)C(=O)NCCN. The summed E-state index contributed by atoms with van der Waals surface area (Å²) in [6.07, 6.45) is 9.09. The van der Waals surface area contributed by atoms with E-state index in [1.54, 1.807) is 0 Å². The van der Waals surface area contributed by atoms with Crippen molar-refractivity contribution >= 4 is 17.7 Å². The lowest BCUT2D eigenvalue weighted by Gasteiger charge is -2.35. The number of hydrogen-bond acceptors (Lipinski definition) is 4. The molecule has 0 saturated carbocycles. The fourth-order valence-electron chi connectivity index (χ4n) is 2.89. The first-order valence-corrected chi connectivity index (χ1v) is 9.81. The third-order valence-electron chi connectivity index (χ3n) is 4.50. The van der Waals surface area contributed by atoms with Crippen molar-refractivity contribution in [2.45, 2.75) is 47.0 Å². The number of carbonyl (C=O) groups excluding carboxylic acids is 1. The van der Waals surface area contributed by atoms with Gasteiger partial charge in [-0.3, -0.25) is 4.79 Å². The number of thioether (sulfide) groups is 1. The van der Waals surface area contributed by atoms with Crippen molar-refractivity contribution in [2.75, 3.05) is 19.3 Å². The van der Waals surface area contributed by atoms with Gasteiger partial charge in [-0.25, -0.2) is 0 Å². The zero-order valence-corrected chi connectivity index (χ0v) is 16.6. The molecule has 136 valence electrons. The first-order chi connectivity index (χ1) is 11.2. The minimum Gasteiger partial charge on any atom is -0.402 e. The summed E-state index contributed by atoms with van der Waals surface area (Å²) >= 11 is 1.44. The molecule has 0 spiro atoms. The van der Waals surface area contributed by atoms with Crippen molar-refractivity contribution in [1.29, 1.82) is 0 Å². The molecule has 0 heterocycles. The summed E-state index contributed by atoms with van der Waals surface area (Å²) in [5.41, 5.74) is 15.2. The van der Waals surface area contributed by atoms with Gasteiger partial charge < -0.3 is 16.8 Å². The molecule has 0 aromatic rings. The van der Waals surface area contributed by atoms with Gasteiger partial charge in [0.15, 0.2) is 0 Å². The Balaban J connectivity index is 2.93. The summed E-state index contributed by atoms with van der Waals surface area (Å²) in [7, 11) is 0. The minimum atomic E-state index is -0.0705. The Bertz CT molecular complexity index is 541. The number of nitrogens with one attached hydrogen (secondary N) is 1. The molecule has 1 rings (SSSR count). The summed E-state index contributed by atoms with van der Waals surface area (Å²) < 4.78 is 0. The first-order valence-electron chi connectivity index (χ1n) is 8.58. The molecule has 0 bridgehead atoms. The van der Waals surface area contributed by atoms with Gasteiger partial charge in [0.25, 0.3) is 5.91 Å². The van der Waals surface area contributed by atoms with E-state index < -0.39 is 0 Å². The second-order valence-corrected chi connectivity index (χ2v) is 8.35. The van der Waals surface area contributed by atoms with Gasteiger partial charge in [0.2, 0.25) is 0 Å². The second-order valence-electron chi connectivity index (χ2n) is 7.50. The van der Waals surface area contributed by atoms with E-state index in [1.165, 1.54) is 17.3 Å². The smallest absolute Gasteiger partial charge is 0.257 e. The number of rotatable bonds is 6. The van der Waals surface area contributed by atoms with E-state index in [4.69, 9.17) is 11.5 Å². The molecule has 1 amide bonds. The average molecular weight is 352 g/mol. The van der Waals surface area contributed by atoms with Crippen LogP contribution in [0.25, 0.3) is 0 Å². The molecule has 0 radical (unpaired) electrons. The number of amides is 1. The Labute approximate surface area is 151 Å². The monoisotopic (exact) mass is 351 g/mol. The highest BCUT2D eigenvalue weighted by Crippen LogP contribution is 2.39. The van der Waals surface area contributed by atoms with Crippen molar-refractivity contribution in [3.8, 4) is 0 Å². The molecule has 0 aliphatic heterocycles. The molecule has 5 N–H and O–H groups in total. The minimum absolute atomic E-state index is 0.0705. The lowest BCUT2D eigenvalue weighted by molar-refractivity contribution is -0.116. The maximum absolute atomic E-state index is 12.1. The molecule has 0 saturated heterocycles. The average Bonchev–Trinajstić information content (AvgIpc) is 2.51. The highest BCUT2D eigenvalue weighted by molar-refractivity contribution is 8.03. The molecule has 0 aromatic heterocycles. The molecular weight excluding hydrogens is 318 g/mol. The van der Waals surface area contributed by atoms with Crippen molar-refractivity contribution in [3.63, 3.8) is 0 Å². The predicted octanol–water partition coefficient (Wildman–Crippen LogP) is 3.31. The summed E-state index contributed by atoms with van der Waals surface area (Å²) in [6.45, 7) is 9.83. The number of carbonyl (C=O) groups is 1. The van der Waals surface area contributed by atoms with Crippen LogP contribution in [0, 0.1) is 11.3 Å². The standard InChI is InChI=1S/C19H33N3OS/c1-13(11-17(24-5)18(23)22-9-8-20)10-14-12-15(19(2,3)4)6-7-16(14)21/h10-11,15H,6-9,12,20-21H2,1-5H3,(H,22,23)/b13-10+,17-11-. The number of hydrogen-bond donors (Lipinski definition) is 3. The van der Waals surface area contributed by atoms with Crippen molar-refractivity contribution < 1.29 is 4.79 Å². The molecule has 24 heavy (non-hydrogen) atoms. The molecule has 5 heteroatoms. The van der Waals surface area contributed by atoms with Crippen molar-refractivity contribution in [3.05, 3.63) is 33.9 Å². The largest absolute Gasteiger partial charge is 0.402 e. The van der Waals surface area contributed by atoms with Crippen LogP contribution in [-0.2, 0) is 4.79 Å². The third-order valence-corrected chi connectivity index (χ3v) is 5.24. The lowest BCUT2D eigenvalue weighted by atomic mass is 9.71. The van der Waals surface area contributed by atoms with Crippen LogP contribution in [0.4, 0.5) is 0 Å². The molecule has 0 fully saturated rings. The molecule has 0 aromatic carbocycles. The van der Waals surface area contributed by atoms with Gasteiger partial charge >= 0.3 is 0 Å². The van der Waals surface area contributed by atoms with Crippen LogP contribution in [0.2, 0.25) is 0 Å². The second kappa shape index (κ2) is 9.33. The van der Waals surface area contributed by atoms with Crippen LogP contribution >= 0.6 is 11.8 Å². The van der Waals surface area contributed by atoms with Crippen LogP contribution in [0.15, 0.2) is 33.9 Å². The third kappa shape index (κ3) is 6.36. The zero-order valence-electron chi connectivity index (χ0n) is 15.7. The van der Waals surface area contributed by atoms with Gasteiger partial charge in [0, 0.05) is 18.8 Å². The van der Waals surface area contributed by atoms with Gasteiger partial charge in [-0.2, -0.15) is 0 Å². The van der Waals surface area contributed by atoms with Gasteiger partial charge in [-0.1, -0.05) is 26.8 Å². The maximum atomic E-state index is 12.1. The predicted molar refractivity (Wildman–Crippen MR) is 105 cm³/mol. The van der Waals surface area contributed by atoms with E-state index in [9.17, 15) is 4.79 Å². The summed E-state index contributed by atoms with van der Waals surface area (Å²) in [5.74, 6) is 0.569. The molecule has 1 atom stereocenters. The zero-order chi connectivity index (χ0) is 18.3. The normalized spacial score (nSPS) is 20.3. The Morgan fingerprint density at radius 2 is 2.08 bits per heavy atom. The first kappa shape index (κ1) is 20.8. The van der Waals surface area contributed by atoms with Crippen LogP contribution in [0.5, 0.6) is 0 Å². The summed E-state index contributed by atoms with van der Waals surface area (Å²) in [5, 5.41) is 2.81. The van der Waals surface area contributed by atoms with Crippen LogP contribution in [-0.4, -0.2) is 25.3 Å². The van der Waals surface area contributed by atoms with Crippen LogP contribution in [0.3, 0.4) is 0 Å². The highest BCUT2D eigenvalue weighted by Gasteiger charge is 2.28. The fraction of sp³-hybridized carbons (Fsp3) is 0.632. The van der Waals surface area contributed by atoms with E-state index in [-0.39, 0.29) is 11.3 Å². The number of allylic oxidation sites excluding steroid dienone is 5. The highest BCUT2D eigenvalue weighted by atomic mass is 32.2. The van der Waals surface area contributed by atoms with E-state index in [0.717, 1.165) is 30.5 Å². The maximum Gasteiger partial charge on any atom is 0.257 e. The topological polar surface area (TPSA) is 81.1 Å². The lowest BCUT2D eigenvalue weighted by Crippen LogP contribution is -2.29. The van der Waals surface area contributed by atoms with Gasteiger partial charge in [-0.05, 0) is 61.0 Å². The molecular formula is C19H33N3OS. The van der Waals surface area contributed by atoms with E-state index in [0.29, 0.717) is 23.9 Å². The van der Waals surface area contributed by atoms with Crippen LogP contribution < -0.4 is 16.8 Å². The number of nitrogens with two attached hydrogens (primary N) is 2.